The third-order valence-electron chi connectivity index (χ3n) is 2.14. The third kappa shape index (κ3) is 2.38. The minimum absolute atomic E-state index is 0.120. The lowest BCUT2D eigenvalue weighted by molar-refractivity contribution is 0.112. The van der Waals surface area contributed by atoms with Gasteiger partial charge >= 0.3 is 6.09 Å². The molecule has 0 saturated heterocycles. The number of alkyl halides is 1. The van der Waals surface area contributed by atoms with Gasteiger partial charge < -0.3 is 4.74 Å². The van der Waals surface area contributed by atoms with Crippen LogP contribution in [0.5, 0.6) is 0 Å². The van der Waals surface area contributed by atoms with Gasteiger partial charge in [0.05, 0.1) is 35.9 Å². The molecule has 16 heavy (non-hydrogen) atoms. The van der Waals surface area contributed by atoms with Crippen molar-refractivity contribution in [1.82, 2.24) is 9.88 Å². The minimum Gasteiger partial charge on any atom is -0.449 e. The summed E-state index contributed by atoms with van der Waals surface area (Å²) in [6.07, 6.45) is 3.21. The van der Waals surface area contributed by atoms with Gasteiger partial charge in [-0.15, -0.1) is 11.3 Å². The average molecular weight is 242 g/mol. The Morgan fingerprint density at radius 2 is 2.56 bits per heavy atom. The molecule has 6 heteroatoms. The third-order valence-corrected chi connectivity index (χ3v) is 2.97. The van der Waals surface area contributed by atoms with E-state index in [9.17, 15) is 9.18 Å². The molecular weight excluding hydrogens is 231 g/mol. The van der Waals surface area contributed by atoms with E-state index in [1.807, 2.05) is 0 Å². The molecule has 0 saturated carbocycles. The van der Waals surface area contributed by atoms with Gasteiger partial charge in [-0.05, 0) is 6.08 Å². The first kappa shape index (κ1) is 11.1. The predicted octanol–water partition coefficient (Wildman–Crippen LogP) is 2.43. The molecule has 2 heterocycles. The van der Waals surface area contributed by atoms with Gasteiger partial charge in [-0.1, -0.05) is 0 Å². The fourth-order valence-corrected chi connectivity index (χ4v) is 2.07. The summed E-state index contributed by atoms with van der Waals surface area (Å²) in [5.74, 6) is 0. The van der Waals surface area contributed by atoms with Crippen molar-refractivity contribution in [3.8, 4) is 0 Å². The molecular formula is C10H11FN2O2S. The quantitative estimate of drug-likeness (QED) is 0.764. The van der Waals surface area contributed by atoms with Gasteiger partial charge in [-0.2, -0.15) is 0 Å². The zero-order chi connectivity index (χ0) is 11.4. The minimum atomic E-state index is -0.470. The van der Waals surface area contributed by atoms with Crippen molar-refractivity contribution in [2.75, 3.05) is 13.3 Å². The fraction of sp³-hybridized carbons (Fsp3) is 0.400. The second-order valence-electron chi connectivity index (χ2n) is 3.26. The number of fused-ring (bicyclic) bond motifs is 1. The Kier molecular flexibility index (Phi) is 3.51. The highest BCUT2D eigenvalue weighted by Crippen LogP contribution is 2.22. The van der Waals surface area contributed by atoms with E-state index < -0.39 is 12.8 Å². The first-order chi connectivity index (χ1) is 7.81. The Balaban J connectivity index is 1.90. The second-order valence-corrected chi connectivity index (χ2v) is 4.20. The predicted molar refractivity (Wildman–Crippen MR) is 58.6 cm³/mol. The molecule has 2 rings (SSSR count). The molecule has 1 aromatic heterocycles. The molecule has 0 atom stereocenters. The molecule has 0 spiro atoms. The molecule has 1 aromatic rings. The van der Waals surface area contributed by atoms with Gasteiger partial charge in [0, 0.05) is 12.6 Å². The lowest BCUT2D eigenvalue weighted by atomic mass is 10.3. The van der Waals surface area contributed by atoms with E-state index in [1.54, 1.807) is 17.8 Å². The Morgan fingerprint density at radius 3 is 3.38 bits per heavy atom. The summed E-state index contributed by atoms with van der Waals surface area (Å²) in [7, 11) is 0. The van der Waals surface area contributed by atoms with E-state index >= 15 is 0 Å². The van der Waals surface area contributed by atoms with Crippen LogP contribution in [0, 0.1) is 0 Å². The molecule has 0 radical (unpaired) electrons. The van der Waals surface area contributed by atoms with Crippen molar-refractivity contribution in [2.24, 2.45) is 0 Å². The van der Waals surface area contributed by atoms with Gasteiger partial charge in [-0.25, -0.2) is 9.78 Å². The van der Waals surface area contributed by atoms with E-state index in [0.29, 0.717) is 6.54 Å². The van der Waals surface area contributed by atoms with Crippen LogP contribution < -0.4 is 0 Å². The monoisotopic (exact) mass is 242 g/mol. The maximum Gasteiger partial charge on any atom is 0.414 e. The molecule has 0 fully saturated rings. The average Bonchev–Trinajstić information content (AvgIpc) is 2.76. The van der Waals surface area contributed by atoms with E-state index in [2.05, 4.69) is 4.98 Å². The van der Waals surface area contributed by atoms with Crippen LogP contribution in [0.4, 0.5) is 9.18 Å². The lowest BCUT2D eigenvalue weighted by Crippen LogP contribution is -2.27. The first-order valence-corrected chi connectivity index (χ1v) is 5.79. The van der Waals surface area contributed by atoms with Crippen molar-refractivity contribution in [1.29, 1.82) is 0 Å². The lowest BCUT2D eigenvalue weighted by Gasteiger charge is -2.20. The summed E-state index contributed by atoms with van der Waals surface area (Å²) in [6.45, 7) is 0.127. The van der Waals surface area contributed by atoms with Gasteiger partial charge in [0.1, 0.15) is 0 Å². The number of carbonyl (C=O) groups is 1. The first-order valence-electron chi connectivity index (χ1n) is 4.91. The van der Waals surface area contributed by atoms with E-state index in [4.69, 9.17) is 4.74 Å². The van der Waals surface area contributed by atoms with Crippen molar-refractivity contribution in [3.63, 3.8) is 0 Å². The van der Waals surface area contributed by atoms with E-state index in [-0.39, 0.29) is 13.0 Å². The number of amides is 1. The van der Waals surface area contributed by atoms with Gasteiger partial charge in [0.25, 0.3) is 0 Å². The van der Waals surface area contributed by atoms with Crippen LogP contribution >= 0.6 is 11.3 Å². The van der Waals surface area contributed by atoms with Crippen molar-refractivity contribution in [3.05, 3.63) is 22.3 Å². The fourth-order valence-electron chi connectivity index (χ4n) is 1.32. The van der Waals surface area contributed by atoms with Crippen molar-refractivity contribution < 1.29 is 13.9 Å². The number of carbonyl (C=O) groups excluding carboxylic acids is 1. The number of aromatic nitrogens is 1. The molecule has 0 N–H and O–H groups in total. The molecule has 0 aromatic carbocycles. The largest absolute Gasteiger partial charge is 0.449 e. The number of hydrogen-bond acceptors (Lipinski definition) is 4. The smallest absolute Gasteiger partial charge is 0.414 e. The van der Waals surface area contributed by atoms with E-state index in [0.717, 1.165) is 10.6 Å². The number of hydrogen-bond donors (Lipinski definition) is 0. The van der Waals surface area contributed by atoms with Crippen LogP contribution in [0.3, 0.4) is 0 Å². The Bertz CT molecular complexity index is 405. The highest BCUT2D eigenvalue weighted by molar-refractivity contribution is 7.09. The number of nitrogens with zero attached hydrogens (tertiary/aromatic N) is 2. The van der Waals surface area contributed by atoms with Crippen LogP contribution in [0.1, 0.15) is 17.0 Å². The van der Waals surface area contributed by atoms with Crippen LogP contribution in [0.25, 0.3) is 6.08 Å². The van der Waals surface area contributed by atoms with Crippen LogP contribution in [0.2, 0.25) is 0 Å². The summed E-state index contributed by atoms with van der Waals surface area (Å²) in [5.41, 5.74) is 2.64. The standard InChI is InChI=1S/C10H11FN2O2S/c11-3-1-5-15-10(14)13-4-2-8-9(6-13)16-7-12-8/h2,4,7H,1,3,5-6H2. The number of thiazole rings is 1. The molecule has 1 amide bonds. The van der Waals surface area contributed by atoms with Gasteiger partial charge in [0.2, 0.25) is 0 Å². The Labute approximate surface area is 96.4 Å². The maximum atomic E-state index is 11.8. The molecule has 1 aliphatic heterocycles. The maximum absolute atomic E-state index is 11.8. The highest BCUT2D eigenvalue weighted by atomic mass is 32.1. The van der Waals surface area contributed by atoms with E-state index in [1.165, 1.54) is 16.2 Å². The topological polar surface area (TPSA) is 42.4 Å². The van der Waals surface area contributed by atoms with Crippen LogP contribution in [0.15, 0.2) is 11.7 Å². The molecule has 4 nitrogen and oxygen atoms in total. The Hall–Kier alpha value is -1.43. The molecule has 0 aliphatic carbocycles. The summed E-state index contributed by atoms with van der Waals surface area (Å²) in [5, 5.41) is 0. The SMILES string of the molecule is O=C(OCCCF)N1C=Cc2ncsc2C1. The zero-order valence-electron chi connectivity index (χ0n) is 8.56. The summed E-state index contributed by atoms with van der Waals surface area (Å²) in [6, 6.07) is 0. The van der Waals surface area contributed by atoms with Gasteiger partial charge in [-0.3, -0.25) is 9.29 Å². The highest BCUT2D eigenvalue weighted by Gasteiger charge is 2.19. The number of ether oxygens (including phenoxy) is 1. The number of rotatable bonds is 3. The van der Waals surface area contributed by atoms with Crippen molar-refractivity contribution >= 4 is 23.5 Å². The molecule has 0 unspecified atom stereocenters. The molecule has 86 valence electrons. The molecule has 1 aliphatic rings. The van der Waals surface area contributed by atoms with Gasteiger partial charge in [0.15, 0.2) is 0 Å². The second kappa shape index (κ2) is 5.07. The summed E-state index contributed by atoms with van der Waals surface area (Å²) >= 11 is 1.50. The normalized spacial score (nSPS) is 13.7. The molecule has 0 bridgehead atoms. The summed E-state index contributed by atoms with van der Waals surface area (Å²) < 4.78 is 16.7. The van der Waals surface area contributed by atoms with Crippen LogP contribution in [-0.2, 0) is 11.3 Å². The zero-order valence-corrected chi connectivity index (χ0v) is 9.37. The Morgan fingerprint density at radius 1 is 1.69 bits per heavy atom. The van der Waals surface area contributed by atoms with Crippen LogP contribution in [-0.4, -0.2) is 29.3 Å². The number of halogens is 1. The summed E-state index contributed by atoms with van der Waals surface area (Å²) in [4.78, 5) is 18.1. The van der Waals surface area contributed by atoms with Crippen molar-refractivity contribution in [2.45, 2.75) is 13.0 Å².